The molecule has 4 heteroatoms. The molecule has 1 unspecified atom stereocenters. The molecule has 0 spiro atoms. The lowest BCUT2D eigenvalue weighted by Gasteiger charge is -2.38. The Morgan fingerprint density at radius 3 is 2.35 bits per heavy atom. The van der Waals surface area contributed by atoms with Crippen LogP contribution in [0.4, 0.5) is 0 Å². The first-order valence-corrected chi connectivity index (χ1v) is 6.95. The van der Waals surface area contributed by atoms with Crippen molar-refractivity contribution in [1.82, 2.24) is 9.80 Å². The standard InChI is InChI=1S/C13H25N3O/c1-11(10-14)13(17)16-8-6-15(7-9-16)12-4-2-3-5-12/h11-12H,2-10,14H2,1H3. The van der Waals surface area contributed by atoms with Crippen LogP contribution in [0.5, 0.6) is 0 Å². The predicted molar refractivity (Wildman–Crippen MR) is 68.6 cm³/mol. The van der Waals surface area contributed by atoms with Crippen LogP contribution in [0, 0.1) is 5.92 Å². The molecule has 1 atom stereocenters. The van der Waals surface area contributed by atoms with E-state index in [0.29, 0.717) is 6.54 Å². The third-order valence-corrected chi connectivity index (χ3v) is 4.24. The van der Waals surface area contributed by atoms with Crippen LogP contribution in [0.1, 0.15) is 32.6 Å². The van der Waals surface area contributed by atoms with Crippen LogP contribution in [0.3, 0.4) is 0 Å². The fourth-order valence-corrected chi connectivity index (χ4v) is 2.99. The molecule has 0 aromatic rings. The highest BCUT2D eigenvalue weighted by Gasteiger charge is 2.28. The van der Waals surface area contributed by atoms with Crippen molar-refractivity contribution in [3.05, 3.63) is 0 Å². The first kappa shape index (κ1) is 12.8. The molecule has 2 rings (SSSR count). The Labute approximate surface area is 104 Å². The monoisotopic (exact) mass is 239 g/mol. The molecule has 1 heterocycles. The zero-order valence-corrected chi connectivity index (χ0v) is 10.9. The Kier molecular flexibility index (Phi) is 4.40. The first-order chi connectivity index (χ1) is 8.22. The minimum Gasteiger partial charge on any atom is -0.340 e. The third kappa shape index (κ3) is 2.99. The minimum absolute atomic E-state index is 0.0203. The summed E-state index contributed by atoms with van der Waals surface area (Å²) in [6.45, 7) is 6.26. The molecule has 17 heavy (non-hydrogen) atoms. The van der Waals surface area contributed by atoms with Crippen LogP contribution < -0.4 is 5.73 Å². The van der Waals surface area contributed by atoms with Crippen molar-refractivity contribution in [3.8, 4) is 0 Å². The van der Waals surface area contributed by atoms with Crippen molar-refractivity contribution in [3.63, 3.8) is 0 Å². The van der Waals surface area contributed by atoms with Gasteiger partial charge in [-0.05, 0) is 12.8 Å². The maximum absolute atomic E-state index is 12.0. The summed E-state index contributed by atoms with van der Waals surface area (Å²) in [6.07, 6.45) is 5.47. The normalized spacial score (nSPS) is 25.2. The predicted octanol–water partition coefficient (Wildman–Crippen LogP) is 0.668. The van der Waals surface area contributed by atoms with E-state index in [9.17, 15) is 4.79 Å². The van der Waals surface area contributed by atoms with Crippen molar-refractivity contribution >= 4 is 5.91 Å². The van der Waals surface area contributed by atoms with Gasteiger partial charge in [-0.2, -0.15) is 0 Å². The molecule has 0 bridgehead atoms. The average molecular weight is 239 g/mol. The van der Waals surface area contributed by atoms with Crippen molar-refractivity contribution in [2.24, 2.45) is 11.7 Å². The van der Waals surface area contributed by atoms with Crippen LogP contribution >= 0.6 is 0 Å². The number of carbonyl (C=O) groups is 1. The van der Waals surface area contributed by atoms with Gasteiger partial charge in [0.05, 0.1) is 0 Å². The second kappa shape index (κ2) is 5.83. The molecule has 1 saturated carbocycles. The maximum atomic E-state index is 12.0. The van der Waals surface area contributed by atoms with Crippen LogP contribution in [0.15, 0.2) is 0 Å². The van der Waals surface area contributed by atoms with Gasteiger partial charge in [-0.15, -0.1) is 0 Å². The second-order valence-corrected chi connectivity index (χ2v) is 5.44. The van der Waals surface area contributed by atoms with Crippen molar-refractivity contribution in [2.75, 3.05) is 32.7 Å². The molecule has 1 aliphatic carbocycles. The van der Waals surface area contributed by atoms with Gasteiger partial charge in [0.25, 0.3) is 0 Å². The molecule has 0 aromatic heterocycles. The molecule has 2 aliphatic rings. The summed E-state index contributed by atoms with van der Waals surface area (Å²) in [5, 5.41) is 0. The Hall–Kier alpha value is -0.610. The van der Waals surface area contributed by atoms with E-state index in [1.165, 1.54) is 25.7 Å². The summed E-state index contributed by atoms with van der Waals surface area (Å²) in [7, 11) is 0. The highest BCUT2D eigenvalue weighted by molar-refractivity contribution is 5.78. The van der Waals surface area contributed by atoms with Crippen molar-refractivity contribution in [2.45, 2.75) is 38.6 Å². The molecular weight excluding hydrogens is 214 g/mol. The van der Waals surface area contributed by atoms with Gasteiger partial charge in [0.15, 0.2) is 0 Å². The average Bonchev–Trinajstić information content (AvgIpc) is 2.91. The van der Waals surface area contributed by atoms with Crippen molar-refractivity contribution in [1.29, 1.82) is 0 Å². The highest BCUT2D eigenvalue weighted by Crippen LogP contribution is 2.24. The highest BCUT2D eigenvalue weighted by atomic mass is 16.2. The van der Waals surface area contributed by atoms with E-state index in [4.69, 9.17) is 5.73 Å². The van der Waals surface area contributed by atoms with Gasteiger partial charge in [-0.1, -0.05) is 19.8 Å². The van der Waals surface area contributed by atoms with E-state index in [-0.39, 0.29) is 11.8 Å². The number of nitrogens with two attached hydrogens (primary N) is 1. The number of rotatable bonds is 3. The van der Waals surface area contributed by atoms with Crippen LogP contribution in [-0.4, -0.2) is 54.5 Å². The fraction of sp³-hybridized carbons (Fsp3) is 0.923. The molecule has 1 amide bonds. The largest absolute Gasteiger partial charge is 0.340 e. The Balaban J connectivity index is 1.79. The summed E-state index contributed by atoms with van der Waals surface area (Å²) in [6, 6.07) is 0.791. The smallest absolute Gasteiger partial charge is 0.226 e. The number of hydrogen-bond donors (Lipinski definition) is 1. The van der Waals surface area contributed by atoms with E-state index >= 15 is 0 Å². The van der Waals surface area contributed by atoms with Gasteiger partial charge in [-0.25, -0.2) is 0 Å². The summed E-state index contributed by atoms with van der Waals surface area (Å²) in [5.74, 6) is 0.214. The summed E-state index contributed by atoms with van der Waals surface area (Å²) in [5.41, 5.74) is 5.55. The van der Waals surface area contributed by atoms with E-state index in [0.717, 1.165) is 32.2 Å². The van der Waals surface area contributed by atoms with E-state index in [1.807, 2.05) is 11.8 Å². The van der Waals surface area contributed by atoms with Gasteiger partial charge in [0, 0.05) is 44.7 Å². The van der Waals surface area contributed by atoms with Crippen molar-refractivity contribution < 1.29 is 4.79 Å². The number of piperazine rings is 1. The first-order valence-electron chi connectivity index (χ1n) is 6.95. The number of amides is 1. The van der Waals surface area contributed by atoms with Crippen LogP contribution in [-0.2, 0) is 4.79 Å². The lowest BCUT2D eigenvalue weighted by atomic mass is 10.1. The quantitative estimate of drug-likeness (QED) is 0.787. The Bertz CT molecular complexity index is 255. The minimum atomic E-state index is -0.0203. The number of nitrogens with zero attached hydrogens (tertiary/aromatic N) is 2. The third-order valence-electron chi connectivity index (χ3n) is 4.24. The van der Waals surface area contributed by atoms with Gasteiger partial charge in [0.2, 0.25) is 5.91 Å². The van der Waals surface area contributed by atoms with E-state index < -0.39 is 0 Å². The second-order valence-electron chi connectivity index (χ2n) is 5.44. The topological polar surface area (TPSA) is 49.6 Å². The number of carbonyl (C=O) groups excluding carboxylic acids is 1. The fourth-order valence-electron chi connectivity index (χ4n) is 2.99. The zero-order chi connectivity index (χ0) is 12.3. The molecule has 2 N–H and O–H groups in total. The molecular formula is C13H25N3O. The van der Waals surface area contributed by atoms with Gasteiger partial charge in [0.1, 0.15) is 0 Å². The molecule has 98 valence electrons. The lowest BCUT2D eigenvalue weighted by Crippen LogP contribution is -2.53. The summed E-state index contributed by atoms with van der Waals surface area (Å²) < 4.78 is 0. The zero-order valence-electron chi connectivity index (χ0n) is 10.9. The molecule has 1 saturated heterocycles. The van der Waals surface area contributed by atoms with E-state index in [2.05, 4.69) is 4.90 Å². The van der Waals surface area contributed by atoms with Crippen LogP contribution in [0.25, 0.3) is 0 Å². The number of hydrogen-bond acceptors (Lipinski definition) is 3. The molecule has 0 radical (unpaired) electrons. The van der Waals surface area contributed by atoms with Gasteiger partial charge < -0.3 is 10.6 Å². The summed E-state index contributed by atoms with van der Waals surface area (Å²) in [4.78, 5) is 16.5. The SMILES string of the molecule is CC(CN)C(=O)N1CCN(C2CCCC2)CC1. The Morgan fingerprint density at radius 1 is 1.24 bits per heavy atom. The van der Waals surface area contributed by atoms with Gasteiger partial charge in [-0.3, -0.25) is 9.69 Å². The molecule has 1 aliphatic heterocycles. The van der Waals surface area contributed by atoms with Crippen LogP contribution in [0.2, 0.25) is 0 Å². The van der Waals surface area contributed by atoms with Gasteiger partial charge >= 0.3 is 0 Å². The molecule has 2 fully saturated rings. The molecule has 0 aromatic carbocycles. The molecule has 4 nitrogen and oxygen atoms in total. The Morgan fingerprint density at radius 2 is 1.82 bits per heavy atom. The lowest BCUT2D eigenvalue weighted by molar-refractivity contribution is -0.136. The summed E-state index contributed by atoms with van der Waals surface area (Å²) >= 11 is 0. The van der Waals surface area contributed by atoms with E-state index in [1.54, 1.807) is 0 Å². The maximum Gasteiger partial charge on any atom is 0.226 e.